The van der Waals surface area contributed by atoms with Gasteiger partial charge in [0.05, 0.1) is 25.1 Å². The molecule has 1 aliphatic carbocycles. The second-order valence-corrected chi connectivity index (χ2v) is 7.31. The summed E-state index contributed by atoms with van der Waals surface area (Å²) in [6.07, 6.45) is 5.79. The van der Waals surface area contributed by atoms with Crippen molar-refractivity contribution in [2.24, 2.45) is 0 Å². The Balaban J connectivity index is 0.000000279. The molecule has 2 fully saturated rings. The first-order chi connectivity index (χ1) is 14.8. The molecular weight excluding hydrogens is 380 g/mol. The number of aromatic amines is 1. The van der Waals surface area contributed by atoms with Crippen molar-refractivity contribution in [2.75, 3.05) is 36.9 Å². The minimum absolute atomic E-state index is 0.506. The third-order valence-electron chi connectivity index (χ3n) is 4.91. The van der Waals surface area contributed by atoms with Crippen LogP contribution in [-0.2, 0) is 4.74 Å². The van der Waals surface area contributed by atoms with Gasteiger partial charge in [-0.05, 0) is 37.1 Å². The molecule has 1 saturated carbocycles. The van der Waals surface area contributed by atoms with Crippen molar-refractivity contribution >= 4 is 39.5 Å². The molecule has 1 aliphatic heterocycles. The maximum absolute atomic E-state index is 5.01. The van der Waals surface area contributed by atoms with Gasteiger partial charge >= 0.3 is 0 Å². The second-order valence-electron chi connectivity index (χ2n) is 7.31. The summed E-state index contributed by atoms with van der Waals surface area (Å²) in [6, 6.07) is 10.5. The van der Waals surface area contributed by atoms with E-state index in [-0.39, 0.29) is 0 Å². The molecule has 0 unspecified atom stereocenters. The van der Waals surface area contributed by atoms with Crippen LogP contribution in [0.3, 0.4) is 0 Å². The van der Waals surface area contributed by atoms with E-state index < -0.39 is 0 Å². The van der Waals surface area contributed by atoms with Crippen LogP contribution in [0.5, 0.6) is 0 Å². The van der Waals surface area contributed by atoms with Gasteiger partial charge in [-0.2, -0.15) is 9.97 Å². The minimum atomic E-state index is 0.506. The summed E-state index contributed by atoms with van der Waals surface area (Å²) in [5, 5.41) is 10.9. The molecule has 0 amide bonds. The van der Waals surface area contributed by atoms with Gasteiger partial charge in [-0.25, -0.2) is 4.98 Å². The molecule has 9 nitrogen and oxygen atoms in total. The molecular formula is C21H24N8O. The SMILES string of the molecule is C1COCCN1.c1cnc2ccc(Nc3nc(NC4CC4)c4[nH]cnc4n3)cc2c1. The number of anilines is 3. The van der Waals surface area contributed by atoms with Crippen molar-refractivity contribution in [1.29, 1.82) is 0 Å². The van der Waals surface area contributed by atoms with E-state index in [1.807, 2.05) is 30.3 Å². The van der Waals surface area contributed by atoms with Crippen LogP contribution in [-0.4, -0.2) is 57.3 Å². The first-order valence-electron chi connectivity index (χ1n) is 10.2. The quantitative estimate of drug-likeness (QED) is 0.411. The average molecular weight is 404 g/mol. The fraction of sp³-hybridized carbons (Fsp3) is 0.333. The first-order valence-corrected chi connectivity index (χ1v) is 10.2. The molecule has 30 heavy (non-hydrogen) atoms. The third-order valence-corrected chi connectivity index (χ3v) is 4.91. The maximum atomic E-state index is 5.01. The lowest BCUT2D eigenvalue weighted by Crippen LogP contribution is -2.30. The standard InChI is InChI=1S/C17H15N7.C4H9NO/c1-2-10-8-12(5-6-13(10)18-7-1)22-17-23-15-14(19-9-20-15)16(24-17)21-11-3-4-11;1-3-6-4-2-5-1/h1-2,5-9,11H,3-4H2,(H3,19,20,21,22,23,24);5H,1-4H2. The van der Waals surface area contributed by atoms with Gasteiger partial charge in [-0.1, -0.05) is 6.07 Å². The molecule has 4 aromatic rings. The summed E-state index contributed by atoms with van der Waals surface area (Å²) in [6.45, 7) is 3.83. The molecule has 0 bridgehead atoms. The number of H-pyrrole nitrogens is 1. The van der Waals surface area contributed by atoms with Crippen molar-refractivity contribution in [3.8, 4) is 0 Å². The van der Waals surface area contributed by atoms with Gasteiger partial charge in [0.1, 0.15) is 5.52 Å². The van der Waals surface area contributed by atoms with Crippen LogP contribution >= 0.6 is 0 Å². The van der Waals surface area contributed by atoms with Gasteiger partial charge in [0.2, 0.25) is 5.95 Å². The van der Waals surface area contributed by atoms with Crippen LogP contribution in [0.25, 0.3) is 22.1 Å². The highest BCUT2D eigenvalue weighted by atomic mass is 16.5. The molecule has 6 rings (SSSR count). The number of nitrogens with one attached hydrogen (secondary N) is 4. The highest BCUT2D eigenvalue weighted by Crippen LogP contribution is 2.28. The number of pyridine rings is 1. The van der Waals surface area contributed by atoms with Gasteiger partial charge in [0, 0.05) is 36.4 Å². The molecule has 0 atom stereocenters. The van der Waals surface area contributed by atoms with E-state index in [2.05, 4.69) is 40.9 Å². The van der Waals surface area contributed by atoms with Gasteiger partial charge in [-0.3, -0.25) is 4.98 Å². The average Bonchev–Trinajstić information content (AvgIpc) is 3.48. The van der Waals surface area contributed by atoms with Crippen LogP contribution in [0.1, 0.15) is 12.8 Å². The van der Waals surface area contributed by atoms with E-state index in [0.717, 1.165) is 54.2 Å². The van der Waals surface area contributed by atoms with Crippen LogP contribution in [0.2, 0.25) is 0 Å². The predicted octanol–water partition coefficient (Wildman–Crippen LogP) is 2.83. The van der Waals surface area contributed by atoms with Crippen molar-refractivity contribution < 1.29 is 4.74 Å². The number of rotatable bonds is 4. The van der Waals surface area contributed by atoms with E-state index >= 15 is 0 Å². The second kappa shape index (κ2) is 8.60. The largest absolute Gasteiger partial charge is 0.379 e. The molecule has 0 radical (unpaired) electrons. The number of morpholine rings is 1. The molecule has 4 N–H and O–H groups in total. The first kappa shape index (κ1) is 18.7. The summed E-state index contributed by atoms with van der Waals surface area (Å²) >= 11 is 0. The number of hydrogen-bond donors (Lipinski definition) is 4. The molecule has 2 aliphatic rings. The normalized spacial score (nSPS) is 16.1. The molecule has 1 saturated heterocycles. The van der Waals surface area contributed by atoms with Crippen LogP contribution in [0, 0.1) is 0 Å². The third kappa shape index (κ3) is 4.47. The Morgan fingerprint density at radius 2 is 1.93 bits per heavy atom. The van der Waals surface area contributed by atoms with E-state index in [4.69, 9.17) is 4.74 Å². The Kier molecular flexibility index (Phi) is 5.36. The van der Waals surface area contributed by atoms with E-state index in [9.17, 15) is 0 Å². The Morgan fingerprint density at radius 1 is 1.03 bits per heavy atom. The molecule has 4 heterocycles. The van der Waals surface area contributed by atoms with Crippen molar-refractivity contribution in [2.45, 2.75) is 18.9 Å². The Hall–Kier alpha value is -3.30. The van der Waals surface area contributed by atoms with Gasteiger partial charge < -0.3 is 25.7 Å². The summed E-state index contributed by atoms with van der Waals surface area (Å²) in [5.41, 5.74) is 3.37. The highest BCUT2D eigenvalue weighted by Gasteiger charge is 2.23. The fourth-order valence-electron chi connectivity index (χ4n) is 3.21. The number of nitrogens with zero attached hydrogens (tertiary/aromatic N) is 4. The number of aromatic nitrogens is 5. The molecule has 154 valence electrons. The lowest BCUT2D eigenvalue weighted by atomic mass is 10.2. The molecule has 3 aromatic heterocycles. The number of benzene rings is 1. The van der Waals surface area contributed by atoms with Gasteiger partial charge in [0.25, 0.3) is 0 Å². The summed E-state index contributed by atoms with van der Waals surface area (Å²) in [4.78, 5) is 20.8. The van der Waals surface area contributed by atoms with Crippen LogP contribution in [0.4, 0.5) is 17.5 Å². The van der Waals surface area contributed by atoms with Gasteiger partial charge in [-0.15, -0.1) is 0 Å². The smallest absolute Gasteiger partial charge is 0.231 e. The maximum Gasteiger partial charge on any atom is 0.231 e. The Morgan fingerprint density at radius 3 is 2.70 bits per heavy atom. The zero-order chi connectivity index (χ0) is 20.2. The molecule has 1 aromatic carbocycles. The van der Waals surface area contributed by atoms with E-state index in [1.165, 1.54) is 12.8 Å². The number of ether oxygens (including phenoxy) is 1. The number of hydrogen-bond acceptors (Lipinski definition) is 8. The molecule has 0 spiro atoms. The lowest BCUT2D eigenvalue weighted by Gasteiger charge is -2.10. The number of imidazole rings is 1. The summed E-state index contributed by atoms with van der Waals surface area (Å²) in [7, 11) is 0. The number of fused-ring (bicyclic) bond motifs is 2. The van der Waals surface area contributed by atoms with E-state index in [0.29, 0.717) is 17.6 Å². The summed E-state index contributed by atoms with van der Waals surface area (Å²) < 4.78 is 5.01. The topological polar surface area (TPSA) is 113 Å². The Bertz CT molecular complexity index is 1120. The van der Waals surface area contributed by atoms with Crippen molar-refractivity contribution in [3.63, 3.8) is 0 Å². The minimum Gasteiger partial charge on any atom is -0.379 e. The zero-order valence-corrected chi connectivity index (χ0v) is 16.6. The zero-order valence-electron chi connectivity index (χ0n) is 16.6. The van der Waals surface area contributed by atoms with Crippen molar-refractivity contribution in [1.82, 2.24) is 30.2 Å². The summed E-state index contributed by atoms with van der Waals surface area (Å²) in [5.74, 6) is 1.32. The van der Waals surface area contributed by atoms with Crippen LogP contribution in [0.15, 0.2) is 42.9 Å². The monoisotopic (exact) mass is 404 g/mol. The van der Waals surface area contributed by atoms with Crippen molar-refractivity contribution in [3.05, 3.63) is 42.9 Å². The van der Waals surface area contributed by atoms with Crippen LogP contribution < -0.4 is 16.0 Å². The molecule has 9 heteroatoms. The predicted molar refractivity (Wildman–Crippen MR) is 117 cm³/mol. The van der Waals surface area contributed by atoms with Gasteiger partial charge in [0.15, 0.2) is 11.5 Å². The Labute approximate surface area is 173 Å². The highest BCUT2D eigenvalue weighted by molar-refractivity contribution is 5.86. The van der Waals surface area contributed by atoms with E-state index in [1.54, 1.807) is 12.5 Å². The fourth-order valence-corrected chi connectivity index (χ4v) is 3.21. The lowest BCUT2D eigenvalue weighted by molar-refractivity contribution is 0.109.